The Morgan fingerprint density at radius 1 is 1.44 bits per heavy atom. The van der Waals surface area contributed by atoms with Gasteiger partial charge in [-0.05, 0) is 6.92 Å². The smallest absolute Gasteiger partial charge is 0.316 e. The second-order valence-corrected chi connectivity index (χ2v) is 5.28. The molecule has 0 spiro atoms. The highest BCUT2D eigenvalue weighted by atomic mass is 16.6. The lowest BCUT2D eigenvalue weighted by Crippen LogP contribution is -2.36. The Hall–Kier alpha value is -3.30. The van der Waals surface area contributed by atoms with E-state index < -0.39 is 22.8 Å². The van der Waals surface area contributed by atoms with Crippen molar-refractivity contribution in [2.45, 2.75) is 19.4 Å². The summed E-state index contributed by atoms with van der Waals surface area (Å²) >= 11 is 0. The van der Waals surface area contributed by atoms with Gasteiger partial charge in [0.2, 0.25) is 5.82 Å². The molecule has 1 unspecified atom stereocenters. The molecular weight excluding hydrogens is 332 g/mol. The fourth-order valence-electron chi connectivity index (χ4n) is 2.00. The maximum atomic E-state index is 12.3. The number of rotatable bonds is 6. The predicted molar refractivity (Wildman–Crippen MR) is 84.6 cm³/mol. The van der Waals surface area contributed by atoms with Gasteiger partial charge in [0.1, 0.15) is 0 Å². The third kappa shape index (κ3) is 4.16. The van der Waals surface area contributed by atoms with Crippen molar-refractivity contribution >= 4 is 17.6 Å². The summed E-state index contributed by atoms with van der Waals surface area (Å²) < 4.78 is 9.51. The maximum absolute atomic E-state index is 12.3. The number of carbonyl (C=O) groups is 2. The average Bonchev–Trinajstić information content (AvgIpc) is 3.10. The van der Waals surface area contributed by atoms with Crippen LogP contribution in [0, 0.1) is 10.1 Å². The monoisotopic (exact) mass is 348 g/mol. The summed E-state index contributed by atoms with van der Waals surface area (Å²) in [4.78, 5) is 39.2. The van der Waals surface area contributed by atoms with Crippen molar-refractivity contribution in [2.24, 2.45) is 0 Å². The molecule has 10 heteroatoms. The summed E-state index contributed by atoms with van der Waals surface area (Å²) in [5, 5.41) is 14.5. The first-order valence-corrected chi connectivity index (χ1v) is 7.26. The van der Waals surface area contributed by atoms with Crippen molar-refractivity contribution in [2.75, 3.05) is 14.2 Å². The lowest BCUT2D eigenvalue weighted by Gasteiger charge is -2.22. The number of carbonyl (C=O) groups excluding carboxylic acids is 2. The number of esters is 1. The molecule has 25 heavy (non-hydrogen) atoms. The summed E-state index contributed by atoms with van der Waals surface area (Å²) in [6.07, 6.45) is 0.0185. The summed E-state index contributed by atoms with van der Waals surface area (Å²) in [6.45, 7) is 1.67. The van der Waals surface area contributed by atoms with Crippen LogP contribution in [0.3, 0.4) is 0 Å². The minimum absolute atomic E-state index is 0.0185. The standard InChI is InChI=1S/C15H16N4O6/c1-9(7-12(20)24-3)18(2)15(21)14-16-13(17-25-14)10-5-4-6-11(8-10)19(22)23/h4-6,8-9H,7H2,1-3H3. The van der Waals surface area contributed by atoms with Crippen LogP contribution in [-0.4, -0.2) is 52.0 Å². The van der Waals surface area contributed by atoms with E-state index in [1.165, 1.54) is 37.3 Å². The number of aromatic nitrogens is 2. The molecule has 1 aromatic carbocycles. The van der Waals surface area contributed by atoms with E-state index in [2.05, 4.69) is 14.9 Å². The van der Waals surface area contributed by atoms with Crippen molar-refractivity contribution in [3.8, 4) is 11.4 Å². The van der Waals surface area contributed by atoms with E-state index in [0.717, 1.165) is 0 Å². The summed E-state index contributed by atoms with van der Waals surface area (Å²) in [5.41, 5.74) is 0.223. The van der Waals surface area contributed by atoms with Crippen LogP contribution in [0.2, 0.25) is 0 Å². The topological polar surface area (TPSA) is 129 Å². The van der Waals surface area contributed by atoms with Gasteiger partial charge in [0.25, 0.3) is 5.69 Å². The molecule has 10 nitrogen and oxygen atoms in total. The van der Waals surface area contributed by atoms with E-state index in [9.17, 15) is 19.7 Å². The Bertz CT molecular complexity index is 803. The van der Waals surface area contributed by atoms with Crippen LogP contribution >= 0.6 is 0 Å². The van der Waals surface area contributed by atoms with E-state index in [0.29, 0.717) is 5.56 Å². The van der Waals surface area contributed by atoms with E-state index in [1.807, 2.05) is 0 Å². The van der Waals surface area contributed by atoms with Crippen molar-refractivity contribution in [1.29, 1.82) is 0 Å². The average molecular weight is 348 g/mol. The first-order chi connectivity index (χ1) is 11.8. The highest BCUT2D eigenvalue weighted by Gasteiger charge is 2.25. The number of non-ortho nitro benzene ring substituents is 1. The van der Waals surface area contributed by atoms with Crippen molar-refractivity contribution in [3.63, 3.8) is 0 Å². The third-order valence-electron chi connectivity index (χ3n) is 3.60. The molecule has 2 rings (SSSR count). The number of nitro benzene ring substituents is 1. The van der Waals surface area contributed by atoms with Crippen LogP contribution in [0.5, 0.6) is 0 Å². The quantitative estimate of drug-likeness (QED) is 0.438. The highest BCUT2D eigenvalue weighted by molar-refractivity contribution is 5.90. The molecule has 132 valence electrons. The Kier molecular flexibility index (Phi) is 5.42. The van der Waals surface area contributed by atoms with Crippen molar-refractivity contribution in [1.82, 2.24) is 15.0 Å². The molecule has 0 aliphatic rings. The summed E-state index contributed by atoms with van der Waals surface area (Å²) in [5.74, 6) is -1.24. The minimum atomic E-state index is -0.569. The first-order valence-electron chi connectivity index (χ1n) is 7.26. The SMILES string of the molecule is COC(=O)CC(C)N(C)C(=O)c1nc(-c2cccc([N+](=O)[O-])c2)no1. The molecule has 1 aromatic heterocycles. The molecule has 0 aliphatic heterocycles. The number of ether oxygens (including phenoxy) is 1. The van der Waals surface area contributed by atoms with Gasteiger partial charge in [-0.25, -0.2) is 0 Å². The number of nitrogens with zero attached hydrogens (tertiary/aromatic N) is 4. The molecule has 0 radical (unpaired) electrons. The predicted octanol–water partition coefficient (Wildman–Crippen LogP) is 1.67. The second kappa shape index (κ2) is 7.51. The molecule has 0 N–H and O–H groups in total. The molecule has 0 saturated carbocycles. The molecule has 1 amide bonds. The highest BCUT2D eigenvalue weighted by Crippen LogP contribution is 2.21. The molecular formula is C15H16N4O6. The summed E-state index contributed by atoms with van der Waals surface area (Å²) in [7, 11) is 2.76. The molecule has 0 saturated heterocycles. The van der Waals surface area contributed by atoms with Gasteiger partial charge in [0, 0.05) is 30.8 Å². The number of methoxy groups -OCH3 is 1. The molecule has 1 heterocycles. The molecule has 0 aliphatic carbocycles. The molecule has 0 bridgehead atoms. The normalized spacial score (nSPS) is 11.6. The van der Waals surface area contributed by atoms with Crippen molar-refractivity contribution < 1.29 is 23.8 Å². The fourth-order valence-corrected chi connectivity index (χ4v) is 2.00. The van der Waals surface area contributed by atoms with Crippen LogP contribution in [0.25, 0.3) is 11.4 Å². The lowest BCUT2D eigenvalue weighted by atomic mass is 10.2. The van der Waals surface area contributed by atoms with Gasteiger partial charge in [-0.3, -0.25) is 19.7 Å². The Balaban J connectivity index is 2.17. The van der Waals surface area contributed by atoms with Gasteiger partial charge < -0.3 is 14.2 Å². The minimum Gasteiger partial charge on any atom is -0.469 e. The number of nitro groups is 1. The van der Waals surface area contributed by atoms with Gasteiger partial charge in [-0.2, -0.15) is 4.98 Å². The maximum Gasteiger partial charge on any atom is 0.316 e. The largest absolute Gasteiger partial charge is 0.469 e. The molecule has 2 aromatic rings. The van der Waals surface area contributed by atoms with Crippen molar-refractivity contribution in [3.05, 3.63) is 40.3 Å². The fraction of sp³-hybridized carbons (Fsp3) is 0.333. The Morgan fingerprint density at radius 3 is 2.80 bits per heavy atom. The Labute approximate surface area is 142 Å². The van der Waals surface area contributed by atoms with Gasteiger partial charge in [-0.15, -0.1) is 0 Å². The van der Waals surface area contributed by atoms with E-state index in [-0.39, 0.29) is 23.8 Å². The van der Waals surface area contributed by atoms with E-state index in [4.69, 9.17) is 4.52 Å². The van der Waals surface area contributed by atoms with Gasteiger partial charge in [0.15, 0.2) is 0 Å². The van der Waals surface area contributed by atoms with Crippen LogP contribution < -0.4 is 0 Å². The molecule has 1 atom stereocenters. The molecule has 0 fully saturated rings. The lowest BCUT2D eigenvalue weighted by molar-refractivity contribution is -0.384. The number of hydrogen-bond acceptors (Lipinski definition) is 8. The number of benzene rings is 1. The van der Waals surface area contributed by atoms with E-state index in [1.54, 1.807) is 13.0 Å². The first kappa shape index (κ1) is 18.0. The van der Waals surface area contributed by atoms with Crippen LogP contribution in [0.4, 0.5) is 5.69 Å². The zero-order valence-corrected chi connectivity index (χ0v) is 13.8. The van der Waals surface area contributed by atoms with Crippen LogP contribution in [-0.2, 0) is 9.53 Å². The van der Waals surface area contributed by atoms with Gasteiger partial charge >= 0.3 is 17.8 Å². The third-order valence-corrected chi connectivity index (χ3v) is 3.60. The van der Waals surface area contributed by atoms with Gasteiger partial charge in [-0.1, -0.05) is 17.3 Å². The summed E-state index contributed by atoms with van der Waals surface area (Å²) in [6, 6.07) is 5.22. The van der Waals surface area contributed by atoms with E-state index >= 15 is 0 Å². The second-order valence-electron chi connectivity index (χ2n) is 5.28. The number of amides is 1. The zero-order valence-electron chi connectivity index (χ0n) is 13.8. The van der Waals surface area contributed by atoms with Crippen LogP contribution in [0.15, 0.2) is 28.8 Å². The Morgan fingerprint density at radius 2 is 2.16 bits per heavy atom. The zero-order chi connectivity index (χ0) is 18.6. The van der Waals surface area contributed by atoms with Crippen LogP contribution in [0.1, 0.15) is 24.0 Å². The number of hydrogen-bond donors (Lipinski definition) is 0. The van der Waals surface area contributed by atoms with Gasteiger partial charge in [0.05, 0.1) is 18.5 Å².